The van der Waals surface area contributed by atoms with E-state index in [9.17, 15) is 24.9 Å². The normalized spacial score (nSPS) is 12.1. The largest absolute Gasteiger partial charge is 0.508 e. The molecule has 0 heterocycles. The predicted molar refractivity (Wildman–Crippen MR) is 96.0 cm³/mol. The van der Waals surface area contributed by atoms with Gasteiger partial charge in [0.2, 0.25) is 0 Å². The van der Waals surface area contributed by atoms with Gasteiger partial charge < -0.3 is 20.1 Å². The maximum Gasteiger partial charge on any atom is 0.163 e. The van der Waals surface area contributed by atoms with Crippen LogP contribution in [0.5, 0.6) is 17.2 Å². The molecule has 6 nitrogen and oxygen atoms in total. The number of hydrogen-bond acceptors (Lipinski definition) is 6. The van der Waals surface area contributed by atoms with Gasteiger partial charge in [-0.2, -0.15) is 0 Å². The van der Waals surface area contributed by atoms with Gasteiger partial charge in [-0.1, -0.05) is 24.3 Å². The summed E-state index contributed by atoms with van der Waals surface area (Å²) in [5.74, 6) is -0.516. The molecule has 0 aromatic heterocycles. The highest BCUT2D eigenvalue weighted by atomic mass is 16.5. The summed E-state index contributed by atoms with van der Waals surface area (Å²) in [6, 6.07) is 10.6. The molecule has 0 spiro atoms. The number of Topliss-reactive ketones (excluding diaryl/α,β-unsaturated/α-hetero) is 1. The fourth-order valence-electron chi connectivity index (χ4n) is 2.34. The lowest BCUT2D eigenvalue weighted by molar-refractivity contribution is -0.126. The second-order valence-electron chi connectivity index (χ2n) is 5.76. The summed E-state index contributed by atoms with van der Waals surface area (Å²) in [7, 11) is 1.38. The number of carbonyl (C=O) groups excluding carboxylic acids is 2. The Morgan fingerprint density at radius 2 is 1.81 bits per heavy atom. The first-order valence-corrected chi connectivity index (χ1v) is 7.95. The van der Waals surface area contributed by atoms with Crippen LogP contribution in [0.2, 0.25) is 0 Å². The average Bonchev–Trinajstić information content (AvgIpc) is 2.61. The summed E-state index contributed by atoms with van der Waals surface area (Å²) in [4.78, 5) is 23.9. The van der Waals surface area contributed by atoms with Crippen LogP contribution in [0.3, 0.4) is 0 Å². The molecule has 136 valence electrons. The van der Waals surface area contributed by atoms with Crippen molar-refractivity contribution in [2.75, 3.05) is 7.11 Å². The minimum Gasteiger partial charge on any atom is -0.508 e. The van der Waals surface area contributed by atoms with Crippen LogP contribution in [0.25, 0.3) is 6.08 Å². The van der Waals surface area contributed by atoms with Gasteiger partial charge in [-0.15, -0.1) is 0 Å². The van der Waals surface area contributed by atoms with E-state index in [1.165, 1.54) is 43.5 Å². The molecule has 2 aromatic carbocycles. The summed E-state index contributed by atoms with van der Waals surface area (Å²) in [5, 5.41) is 28.9. The fraction of sp³-hybridized carbons (Fsp3) is 0.200. The molecular weight excluding hydrogens is 336 g/mol. The fourth-order valence-corrected chi connectivity index (χ4v) is 2.34. The van der Waals surface area contributed by atoms with Gasteiger partial charge >= 0.3 is 0 Å². The van der Waals surface area contributed by atoms with Crippen molar-refractivity contribution in [2.45, 2.75) is 18.9 Å². The standard InChI is InChI=1S/C20H20O6/c1-26-20-10-14(5-9-18(20)24)19(25)12-17(23)11-16(22)8-4-13-2-6-15(21)7-3-13/h2-10,19,21,24-25H,11-12H2,1H3/t19-/m1/s1. The van der Waals surface area contributed by atoms with Crippen LogP contribution in [-0.2, 0) is 9.59 Å². The van der Waals surface area contributed by atoms with E-state index in [0.29, 0.717) is 5.56 Å². The van der Waals surface area contributed by atoms with E-state index in [2.05, 4.69) is 0 Å². The summed E-state index contributed by atoms with van der Waals surface area (Å²) < 4.78 is 4.96. The summed E-state index contributed by atoms with van der Waals surface area (Å²) in [5.41, 5.74) is 1.14. The predicted octanol–water partition coefficient (Wildman–Crippen LogP) is 2.77. The third kappa shape index (κ3) is 5.46. The van der Waals surface area contributed by atoms with Gasteiger partial charge in [0, 0.05) is 6.42 Å². The number of methoxy groups -OCH3 is 1. The van der Waals surface area contributed by atoms with Crippen LogP contribution < -0.4 is 4.74 Å². The molecular formula is C20H20O6. The van der Waals surface area contributed by atoms with E-state index in [1.54, 1.807) is 18.2 Å². The van der Waals surface area contributed by atoms with Gasteiger partial charge in [0.1, 0.15) is 11.5 Å². The Labute approximate surface area is 151 Å². The Balaban J connectivity index is 1.91. The van der Waals surface area contributed by atoms with Crippen LogP contribution in [0.4, 0.5) is 0 Å². The molecule has 2 aromatic rings. The van der Waals surface area contributed by atoms with E-state index >= 15 is 0 Å². The topological polar surface area (TPSA) is 104 Å². The molecule has 0 radical (unpaired) electrons. The average molecular weight is 356 g/mol. The van der Waals surface area contributed by atoms with Crippen LogP contribution in [0.15, 0.2) is 48.5 Å². The number of phenolic OH excluding ortho intramolecular Hbond substituents is 2. The number of ether oxygens (including phenoxy) is 1. The van der Waals surface area contributed by atoms with Crippen molar-refractivity contribution < 1.29 is 29.6 Å². The zero-order chi connectivity index (χ0) is 19.1. The summed E-state index contributed by atoms with van der Waals surface area (Å²) in [6.07, 6.45) is 1.22. The van der Waals surface area contributed by atoms with Crippen molar-refractivity contribution in [3.63, 3.8) is 0 Å². The van der Waals surface area contributed by atoms with Crippen molar-refractivity contribution in [2.24, 2.45) is 0 Å². The second kappa shape index (κ2) is 8.82. The number of carbonyl (C=O) groups is 2. The second-order valence-corrected chi connectivity index (χ2v) is 5.76. The van der Waals surface area contributed by atoms with Crippen molar-refractivity contribution in [1.82, 2.24) is 0 Å². The molecule has 0 aliphatic carbocycles. The maximum absolute atomic E-state index is 12.0. The SMILES string of the molecule is COc1cc([C@H](O)CC(=O)CC(=O)C=Cc2ccc(O)cc2)ccc1O. The first-order chi connectivity index (χ1) is 12.4. The van der Waals surface area contributed by atoms with Crippen LogP contribution in [0.1, 0.15) is 30.1 Å². The third-order valence-corrected chi connectivity index (χ3v) is 3.74. The molecule has 26 heavy (non-hydrogen) atoms. The number of aliphatic hydroxyl groups excluding tert-OH is 1. The first-order valence-electron chi connectivity index (χ1n) is 7.95. The molecule has 0 amide bonds. The van der Waals surface area contributed by atoms with Crippen LogP contribution in [-0.4, -0.2) is 34.0 Å². The molecule has 0 bridgehead atoms. The Bertz CT molecular complexity index is 808. The monoisotopic (exact) mass is 356 g/mol. The van der Waals surface area contributed by atoms with Gasteiger partial charge in [0.25, 0.3) is 0 Å². The van der Waals surface area contributed by atoms with Crippen molar-refractivity contribution >= 4 is 17.6 Å². The summed E-state index contributed by atoms with van der Waals surface area (Å²) >= 11 is 0. The molecule has 0 fully saturated rings. The number of rotatable bonds is 8. The minimum absolute atomic E-state index is 0.0654. The molecule has 0 aliphatic heterocycles. The van der Waals surface area contributed by atoms with Gasteiger partial charge in [0.05, 0.1) is 19.6 Å². The lowest BCUT2D eigenvalue weighted by Crippen LogP contribution is -2.10. The molecule has 3 N–H and O–H groups in total. The first kappa shape index (κ1) is 19.2. The van der Waals surface area contributed by atoms with E-state index in [4.69, 9.17) is 4.74 Å². The number of hydrogen-bond donors (Lipinski definition) is 3. The van der Waals surface area contributed by atoms with Crippen molar-refractivity contribution in [3.8, 4) is 17.2 Å². The number of allylic oxidation sites excluding steroid dienone is 1. The van der Waals surface area contributed by atoms with E-state index < -0.39 is 11.9 Å². The maximum atomic E-state index is 12.0. The Kier molecular flexibility index (Phi) is 6.52. The van der Waals surface area contributed by atoms with Gasteiger partial charge in [0.15, 0.2) is 17.3 Å². The number of benzene rings is 2. The van der Waals surface area contributed by atoms with Crippen molar-refractivity contribution in [3.05, 3.63) is 59.7 Å². The van der Waals surface area contributed by atoms with E-state index in [1.807, 2.05) is 0 Å². The third-order valence-electron chi connectivity index (χ3n) is 3.74. The highest BCUT2D eigenvalue weighted by molar-refractivity contribution is 6.06. The number of phenols is 2. The highest BCUT2D eigenvalue weighted by Crippen LogP contribution is 2.30. The minimum atomic E-state index is -1.09. The molecule has 0 aliphatic rings. The van der Waals surface area contributed by atoms with Gasteiger partial charge in [-0.05, 0) is 41.5 Å². The van der Waals surface area contributed by atoms with Gasteiger partial charge in [-0.3, -0.25) is 9.59 Å². The number of aromatic hydroxyl groups is 2. The molecule has 0 unspecified atom stereocenters. The quantitative estimate of drug-likeness (QED) is 0.496. The van der Waals surface area contributed by atoms with Gasteiger partial charge in [-0.25, -0.2) is 0 Å². The molecule has 0 saturated carbocycles. The highest BCUT2D eigenvalue weighted by Gasteiger charge is 2.16. The molecule has 2 rings (SSSR count). The zero-order valence-corrected chi connectivity index (χ0v) is 14.3. The summed E-state index contributed by atoms with van der Waals surface area (Å²) in [6.45, 7) is 0. The Morgan fingerprint density at radius 3 is 2.46 bits per heavy atom. The number of ketones is 2. The smallest absolute Gasteiger partial charge is 0.163 e. The van der Waals surface area contributed by atoms with E-state index in [0.717, 1.165) is 5.56 Å². The lowest BCUT2D eigenvalue weighted by atomic mass is 10.0. The van der Waals surface area contributed by atoms with Crippen LogP contribution in [0, 0.1) is 0 Å². The molecule has 6 heteroatoms. The van der Waals surface area contributed by atoms with Crippen molar-refractivity contribution in [1.29, 1.82) is 0 Å². The Hall–Kier alpha value is -3.12. The van der Waals surface area contributed by atoms with E-state index in [-0.39, 0.29) is 35.9 Å². The van der Waals surface area contributed by atoms with Crippen LogP contribution >= 0.6 is 0 Å². The Morgan fingerprint density at radius 1 is 1.12 bits per heavy atom. The number of aliphatic hydroxyl groups is 1. The molecule has 0 saturated heterocycles. The lowest BCUT2D eigenvalue weighted by Gasteiger charge is -2.12. The zero-order valence-electron chi connectivity index (χ0n) is 14.3. The molecule has 1 atom stereocenters.